The lowest BCUT2D eigenvalue weighted by Crippen LogP contribution is -2.54. The highest BCUT2D eigenvalue weighted by molar-refractivity contribution is 6.15. The molecule has 1 spiro atoms. The van der Waals surface area contributed by atoms with E-state index in [1.54, 1.807) is 24.3 Å². The third kappa shape index (κ3) is 2.66. The van der Waals surface area contributed by atoms with Crippen molar-refractivity contribution in [2.75, 3.05) is 5.32 Å². The summed E-state index contributed by atoms with van der Waals surface area (Å²) in [5, 5.41) is 15.9. The molecule has 3 N–H and O–H groups in total. The van der Waals surface area contributed by atoms with E-state index in [9.17, 15) is 19.5 Å². The van der Waals surface area contributed by atoms with E-state index >= 15 is 0 Å². The zero-order valence-electron chi connectivity index (χ0n) is 17.5. The fourth-order valence-electron chi connectivity index (χ4n) is 5.46. The number of anilines is 1. The number of rotatable bonds is 4. The zero-order chi connectivity index (χ0) is 21.9. The van der Waals surface area contributed by atoms with Crippen LogP contribution >= 0.6 is 0 Å². The van der Waals surface area contributed by atoms with Gasteiger partial charge >= 0.3 is 0 Å². The number of para-hydroxylation sites is 1. The third-order valence-corrected chi connectivity index (χ3v) is 7.08. The lowest BCUT2D eigenvalue weighted by molar-refractivity contribution is -0.145. The van der Waals surface area contributed by atoms with Crippen LogP contribution in [0.4, 0.5) is 5.69 Å². The molecule has 0 bridgehead atoms. The van der Waals surface area contributed by atoms with Crippen LogP contribution in [0, 0.1) is 11.8 Å². The number of likely N-dealkylation sites (tertiary alicyclic amines) is 1. The molecule has 7 nitrogen and oxygen atoms in total. The highest BCUT2D eigenvalue weighted by atomic mass is 16.3. The monoisotopic (exact) mass is 419 g/mol. The van der Waals surface area contributed by atoms with Gasteiger partial charge in [-0.25, -0.2) is 0 Å². The standard InChI is InChI=1S/C24H25N3O4/c1-3-13(2)27-21(29)19-18(12-14-8-10-15(28)11-9-14)26-24(20(19)22(27)30)16-6-4-5-7-17(16)25-23(24)31/h4-11,13,18-20,26,28H,3,12H2,1-2H3,(H,25,31)/t13-,18+,19+,20-,24-/m0/s1. The van der Waals surface area contributed by atoms with Crippen molar-refractivity contribution in [1.29, 1.82) is 0 Å². The third-order valence-electron chi connectivity index (χ3n) is 7.08. The van der Waals surface area contributed by atoms with Gasteiger partial charge in [0.05, 0.1) is 11.8 Å². The molecule has 0 aromatic heterocycles. The van der Waals surface area contributed by atoms with Gasteiger partial charge < -0.3 is 10.4 Å². The van der Waals surface area contributed by atoms with Gasteiger partial charge in [0.1, 0.15) is 11.3 Å². The first-order valence-corrected chi connectivity index (χ1v) is 10.7. The number of hydrogen-bond donors (Lipinski definition) is 3. The molecular weight excluding hydrogens is 394 g/mol. The van der Waals surface area contributed by atoms with Crippen LogP contribution in [-0.2, 0) is 26.3 Å². The molecule has 0 radical (unpaired) electrons. The number of carbonyl (C=O) groups excluding carboxylic acids is 3. The molecule has 31 heavy (non-hydrogen) atoms. The first kappa shape index (κ1) is 19.8. The molecule has 3 heterocycles. The average molecular weight is 419 g/mol. The molecule has 160 valence electrons. The number of amides is 3. The summed E-state index contributed by atoms with van der Waals surface area (Å²) in [4.78, 5) is 41.8. The lowest BCUT2D eigenvalue weighted by atomic mass is 9.76. The number of nitrogens with one attached hydrogen (secondary N) is 2. The van der Waals surface area contributed by atoms with E-state index in [0.29, 0.717) is 18.5 Å². The summed E-state index contributed by atoms with van der Waals surface area (Å²) in [5.41, 5.74) is 1.04. The maximum atomic E-state index is 13.6. The Morgan fingerprint density at radius 1 is 1.06 bits per heavy atom. The Bertz CT molecular complexity index is 1080. The van der Waals surface area contributed by atoms with Gasteiger partial charge in [0.15, 0.2) is 0 Å². The highest BCUT2D eigenvalue weighted by Gasteiger charge is 2.70. The number of aromatic hydroxyl groups is 1. The molecule has 0 saturated carbocycles. The van der Waals surface area contributed by atoms with Crippen molar-refractivity contribution in [1.82, 2.24) is 10.2 Å². The molecule has 0 unspecified atom stereocenters. The molecule has 2 aromatic carbocycles. The second-order valence-electron chi connectivity index (χ2n) is 8.74. The second-order valence-corrected chi connectivity index (χ2v) is 8.74. The molecule has 2 aromatic rings. The van der Waals surface area contributed by atoms with Crippen LogP contribution < -0.4 is 10.6 Å². The largest absolute Gasteiger partial charge is 0.508 e. The van der Waals surface area contributed by atoms with Crippen LogP contribution in [-0.4, -0.2) is 39.8 Å². The van der Waals surface area contributed by atoms with E-state index in [1.807, 2.05) is 38.1 Å². The molecule has 5 rings (SSSR count). The Morgan fingerprint density at radius 3 is 2.48 bits per heavy atom. The highest BCUT2D eigenvalue weighted by Crippen LogP contribution is 2.53. The fourth-order valence-corrected chi connectivity index (χ4v) is 5.46. The minimum atomic E-state index is -1.27. The smallest absolute Gasteiger partial charge is 0.250 e. The number of phenolic OH excluding ortho intramolecular Hbond substituents is 1. The van der Waals surface area contributed by atoms with Gasteiger partial charge in [0.25, 0.3) is 0 Å². The second kappa shape index (κ2) is 6.92. The summed E-state index contributed by atoms with van der Waals surface area (Å²) in [6.45, 7) is 3.81. The summed E-state index contributed by atoms with van der Waals surface area (Å²) < 4.78 is 0. The van der Waals surface area contributed by atoms with Crippen molar-refractivity contribution < 1.29 is 19.5 Å². The summed E-state index contributed by atoms with van der Waals surface area (Å²) in [6.07, 6.45) is 1.12. The maximum absolute atomic E-state index is 13.6. The van der Waals surface area contributed by atoms with Gasteiger partial charge in [-0.2, -0.15) is 0 Å². The van der Waals surface area contributed by atoms with E-state index < -0.39 is 23.4 Å². The van der Waals surface area contributed by atoms with Gasteiger partial charge in [0, 0.05) is 23.3 Å². The Morgan fingerprint density at radius 2 is 1.77 bits per heavy atom. The summed E-state index contributed by atoms with van der Waals surface area (Å²) in [6, 6.07) is 13.5. The van der Waals surface area contributed by atoms with Crippen LogP contribution in [0.5, 0.6) is 5.75 Å². The van der Waals surface area contributed by atoms with Crippen molar-refractivity contribution >= 4 is 23.4 Å². The summed E-state index contributed by atoms with van der Waals surface area (Å²) >= 11 is 0. The Balaban J connectivity index is 1.62. The number of imide groups is 1. The SMILES string of the molecule is CC[C@H](C)N1C(=O)[C@H]2[C@@H](C1=O)[C@]1(N[C@@H]2Cc2ccc(O)cc2)C(=O)Nc2ccccc21. The van der Waals surface area contributed by atoms with Gasteiger partial charge in [-0.1, -0.05) is 37.3 Å². The van der Waals surface area contributed by atoms with Crippen molar-refractivity contribution in [2.24, 2.45) is 11.8 Å². The fraction of sp³-hybridized carbons (Fsp3) is 0.375. The average Bonchev–Trinajstić information content (AvgIpc) is 3.34. The normalized spacial score (nSPS) is 29.9. The molecule has 3 aliphatic rings. The van der Waals surface area contributed by atoms with Gasteiger partial charge in [0.2, 0.25) is 17.7 Å². The van der Waals surface area contributed by atoms with Crippen LogP contribution in [0.2, 0.25) is 0 Å². The van der Waals surface area contributed by atoms with Crippen LogP contribution in [0.3, 0.4) is 0 Å². The predicted octanol–water partition coefficient (Wildman–Crippen LogP) is 2.15. The molecule has 7 heteroatoms. The van der Waals surface area contributed by atoms with Crippen LogP contribution in [0.1, 0.15) is 31.4 Å². The molecule has 3 aliphatic heterocycles. The van der Waals surface area contributed by atoms with Crippen molar-refractivity contribution in [2.45, 2.75) is 44.3 Å². The summed E-state index contributed by atoms with van der Waals surface area (Å²) in [7, 11) is 0. The molecule has 2 saturated heterocycles. The van der Waals surface area contributed by atoms with Gasteiger partial charge in [-0.05, 0) is 43.5 Å². The van der Waals surface area contributed by atoms with Crippen molar-refractivity contribution in [3.8, 4) is 5.75 Å². The first-order valence-electron chi connectivity index (χ1n) is 10.7. The minimum absolute atomic E-state index is 0.164. The number of phenols is 1. The molecule has 5 atom stereocenters. The summed E-state index contributed by atoms with van der Waals surface area (Å²) in [5.74, 6) is -2.04. The quantitative estimate of drug-likeness (QED) is 0.660. The molecule has 2 fully saturated rings. The van der Waals surface area contributed by atoms with E-state index in [0.717, 1.165) is 11.1 Å². The lowest BCUT2D eigenvalue weighted by Gasteiger charge is -2.31. The van der Waals surface area contributed by atoms with Gasteiger partial charge in [-0.15, -0.1) is 0 Å². The first-order chi connectivity index (χ1) is 14.9. The molecule has 0 aliphatic carbocycles. The van der Waals surface area contributed by atoms with E-state index in [1.165, 1.54) is 4.90 Å². The van der Waals surface area contributed by atoms with E-state index in [4.69, 9.17) is 0 Å². The topological polar surface area (TPSA) is 98.7 Å². The Hall–Kier alpha value is -3.19. The van der Waals surface area contributed by atoms with Crippen molar-refractivity contribution in [3.05, 3.63) is 59.7 Å². The number of carbonyl (C=O) groups is 3. The minimum Gasteiger partial charge on any atom is -0.508 e. The number of benzene rings is 2. The van der Waals surface area contributed by atoms with Crippen LogP contribution in [0.25, 0.3) is 0 Å². The Kier molecular flexibility index (Phi) is 4.41. The molecular formula is C24H25N3O4. The van der Waals surface area contributed by atoms with Crippen LogP contribution in [0.15, 0.2) is 48.5 Å². The van der Waals surface area contributed by atoms with E-state index in [2.05, 4.69) is 10.6 Å². The number of hydrogen-bond acceptors (Lipinski definition) is 5. The maximum Gasteiger partial charge on any atom is 0.250 e. The van der Waals surface area contributed by atoms with E-state index in [-0.39, 0.29) is 29.5 Å². The Labute approximate surface area is 180 Å². The predicted molar refractivity (Wildman–Crippen MR) is 114 cm³/mol. The zero-order valence-corrected chi connectivity index (χ0v) is 17.5. The van der Waals surface area contributed by atoms with Gasteiger partial charge in [-0.3, -0.25) is 24.6 Å². The van der Waals surface area contributed by atoms with Crippen molar-refractivity contribution in [3.63, 3.8) is 0 Å². The number of nitrogens with zero attached hydrogens (tertiary/aromatic N) is 1. The number of fused-ring (bicyclic) bond motifs is 4. The molecule has 3 amide bonds.